The van der Waals surface area contributed by atoms with Crippen LogP contribution in [0.4, 0.5) is 4.39 Å². The van der Waals surface area contributed by atoms with Gasteiger partial charge in [0.05, 0.1) is 18.4 Å². The van der Waals surface area contributed by atoms with Crippen molar-refractivity contribution in [2.75, 3.05) is 12.9 Å². The second-order valence-corrected chi connectivity index (χ2v) is 5.84. The molecule has 0 fully saturated rings. The molecule has 0 radical (unpaired) electrons. The van der Waals surface area contributed by atoms with Crippen molar-refractivity contribution >= 4 is 17.5 Å². The number of ketones is 1. The van der Waals surface area contributed by atoms with Gasteiger partial charge in [-0.1, -0.05) is 17.7 Å². The molecule has 2 aromatic carbocycles. The highest BCUT2D eigenvalue weighted by atomic mass is 32.2. The van der Waals surface area contributed by atoms with Gasteiger partial charge >= 0.3 is 0 Å². The summed E-state index contributed by atoms with van der Waals surface area (Å²) in [5, 5.41) is 0. The third-order valence-electron chi connectivity index (χ3n) is 3.15. The first-order valence-corrected chi connectivity index (χ1v) is 7.56. The molecule has 0 aliphatic carbocycles. The molecule has 0 aliphatic rings. The number of aryl methyl sites for hydroxylation is 2. The van der Waals surface area contributed by atoms with Crippen LogP contribution in [0.15, 0.2) is 41.3 Å². The molecule has 110 valence electrons. The number of rotatable bonds is 5. The number of benzene rings is 2. The van der Waals surface area contributed by atoms with E-state index in [2.05, 4.69) is 6.07 Å². The Hall–Kier alpha value is -1.81. The van der Waals surface area contributed by atoms with E-state index in [-0.39, 0.29) is 17.1 Å². The van der Waals surface area contributed by atoms with E-state index in [1.807, 2.05) is 26.0 Å². The fourth-order valence-corrected chi connectivity index (χ4v) is 2.97. The maximum absolute atomic E-state index is 13.3. The van der Waals surface area contributed by atoms with Gasteiger partial charge in [-0.15, -0.1) is 11.8 Å². The molecule has 0 aliphatic heterocycles. The van der Waals surface area contributed by atoms with Crippen LogP contribution in [0, 0.1) is 19.7 Å². The van der Waals surface area contributed by atoms with Crippen LogP contribution >= 0.6 is 11.8 Å². The summed E-state index contributed by atoms with van der Waals surface area (Å²) in [7, 11) is 1.47. The maximum atomic E-state index is 13.3. The summed E-state index contributed by atoms with van der Waals surface area (Å²) < 4.78 is 18.4. The zero-order valence-electron chi connectivity index (χ0n) is 12.3. The zero-order chi connectivity index (χ0) is 15.4. The van der Waals surface area contributed by atoms with Crippen LogP contribution in [0.5, 0.6) is 5.75 Å². The van der Waals surface area contributed by atoms with Gasteiger partial charge in [0.2, 0.25) is 0 Å². The van der Waals surface area contributed by atoms with E-state index in [0.717, 1.165) is 10.5 Å². The Kier molecular flexibility index (Phi) is 5.02. The van der Waals surface area contributed by atoms with Gasteiger partial charge in [-0.3, -0.25) is 4.79 Å². The Morgan fingerprint density at radius 2 is 1.95 bits per heavy atom. The largest absolute Gasteiger partial charge is 0.496 e. The highest BCUT2D eigenvalue weighted by Crippen LogP contribution is 2.26. The van der Waals surface area contributed by atoms with E-state index >= 15 is 0 Å². The lowest BCUT2D eigenvalue weighted by molar-refractivity contribution is 0.101. The molecular weight excluding hydrogens is 287 g/mol. The van der Waals surface area contributed by atoms with Crippen LogP contribution < -0.4 is 4.74 Å². The number of hydrogen-bond donors (Lipinski definition) is 0. The summed E-state index contributed by atoms with van der Waals surface area (Å²) in [4.78, 5) is 13.3. The second-order valence-electron chi connectivity index (χ2n) is 4.83. The van der Waals surface area contributed by atoms with Gasteiger partial charge in [-0.05, 0) is 43.7 Å². The Morgan fingerprint density at radius 3 is 2.62 bits per heavy atom. The first-order valence-electron chi connectivity index (χ1n) is 6.58. The van der Waals surface area contributed by atoms with Gasteiger partial charge in [-0.25, -0.2) is 4.39 Å². The minimum absolute atomic E-state index is 0.142. The monoisotopic (exact) mass is 304 g/mol. The van der Waals surface area contributed by atoms with Gasteiger partial charge in [0.15, 0.2) is 5.78 Å². The van der Waals surface area contributed by atoms with Crippen LogP contribution in [-0.4, -0.2) is 18.6 Å². The predicted molar refractivity (Wildman–Crippen MR) is 83.9 cm³/mol. The van der Waals surface area contributed by atoms with E-state index in [1.54, 1.807) is 0 Å². The Bertz CT molecular complexity index is 668. The molecule has 2 nitrogen and oxygen atoms in total. The first-order chi connectivity index (χ1) is 10.0. The molecule has 0 heterocycles. The van der Waals surface area contributed by atoms with Gasteiger partial charge in [0.1, 0.15) is 11.6 Å². The molecular formula is C17H17FO2S. The minimum Gasteiger partial charge on any atom is -0.496 e. The molecule has 0 saturated heterocycles. The van der Waals surface area contributed by atoms with Crippen molar-refractivity contribution in [3.63, 3.8) is 0 Å². The topological polar surface area (TPSA) is 26.3 Å². The molecule has 0 atom stereocenters. The zero-order valence-corrected chi connectivity index (χ0v) is 13.1. The van der Waals surface area contributed by atoms with Crippen molar-refractivity contribution in [2.45, 2.75) is 18.7 Å². The number of carbonyl (C=O) groups excluding carboxylic acids is 1. The highest BCUT2D eigenvalue weighted by Gasteiger charge is 2.14. The first kappa shape index (κ1) is 15.6. The van der Waals surface area contributed by atoms with Gasteiger partial charge in [0, 0.05) is 4.90 Å². The number of Topliss-reactive ketones (excluding diaryl/α,β-unsaturated/α-hetero) is 1. The number of halogens is 1. The van der Waals surface area contributed by atoms with Crippen molar-refractivity contribution in [1.29, 1.82) is 0 Å². The summed E-state index contributed by atoms with van der Waals surface area (Å²) >= 11 is 1.46. The molecule has 0 aromatic heterocycles. The van der Waals surface area contributed by atoms with Crippen molar-refractivity contribution in [2.24, 2.45) is 0 Å². The van der Waals surface area contributed by atoms with Crippen molar-refractivity contribution in [3.8, 4) is 5.75 Å². The number of carbonyl (C=O) groups is 1. The van der Waals surface area contributed by atoms with E-state index < -0.39 is 5.82 Å². The Labute approximate surface area is 128 Å². The second kappa shape index (κ2) is 6.76. The summed E-state index contributed by atoms with van der Waals surface area (Å²) in [6.45, 7) is 4.05. The fourth-order valence-electron chi connectivity index (χ4n) is 2.08. The van der Waals surface area contributed by atoms with Crippen molar-refractivity contribution in [1.82, 2.24) is 0 Å². The quantitative estimate of drug-likeness (QED) is 0.604. The third-order valence-corrected chi connectivity index (χ3v) is 4.33. The fraction of sp³-hybridized carbons (Fsp3) is 0.235. The molecule has 2 aromatic rings. The average molecular weight is 304 g/mol. The van der Waals surface area contributed by atoms with Crippen molar-refractivity contribution in [3.05, 3.63) is 58.9 Å². The molecule has 0 unspecified atom stereocenters. The lowest BCUT2D eigenvalue weighted by Crippen LogP contribution is -2.05. The summed E-state index contributed by atoms with van der Waals surface area (Å²) in [6, 6.07) is 10.1. The molecule has 0 saturated carbocycles. The molecule has 21 heavy (non-hydrogen) atoms. The maximum Gasteiger partial charge on any atom is 0.176 e. The molecule has 0 N–H and O–H groups in total. The molecule has 0 amide bonds. The lowest BCUT2D eigenvalue weighted by atomic mass is 10.1. The lowest BCUT2D eigenvalue weighted by Gasteiger charge is -2.09. The van der Waals surface area contributed by atoms with Gasteiger partial charge in [0.25, 0.3) is 0 Å². The van der Waals surface area contributed by atoms with E-state index in [1.165, 1.54) is 42.6 Å². The average Bonchev–Trinajstić information content (AvgIpc) is 2.46. The standard InChI is InChI=1S/C17H17FO2S/c1-11-4-7-17(12(2)8-11)21-10-15(19)14-9-13(18)5-6-16(14)20-3/h4-9H,10H2,1-3H3. The van der Waals surface area contributed by atoms with E-state index in [4.69, 9.17) is 4.74 Å². The van der Waals surface area contributed by atoms with Gasteiger partial charge in [-0.2, -0.15) is 0 Å². The Balaban J connectivity index is 2.13. The Morgan fingerprint density at radius 1 is 1.19 bits per heavy atom. The van der Waals surface area contributed by atoms with Crippen LogP contribution in [0.2, 0.25) is 0 Å². The summed E-state index contributed by atoms with van der Waals surface area (Å²) in [5.74, 6) is 0.0820. The third kappa shape index (κ3) is 3.85. The van der Waals surface area contributed by atoms with Crippen LogP contribution in [0.1, 0.15) is 21.5 Å². The molecule has 4 heteroatoms. The number of hydrogen-bond acceptors (Lipinski definition) is 3. The summed E-state index contributed by atoms with van der Waals surface area (Å²) in [5.41, 5.74) is 2.61. The summed E-state index contributed by atoms with van der Waals surface area (Å²) in [6.07, 6.45) is 0. The normalized spacial score (nSPS) is 10.5. The number of thioether (sulfide) groups is 1. The molecule has 2 rings (SSSR count). The number of ether oxygens (including phenoxy) is 1. The number of methoxy groups -OCH3 is 1. The van der Waals surface area contributed by atoms with Crippen LogP contribution in [0.3, 0.4) is 0 Å². The predicted octanol–water partition coefficient (Wildman–Crippen LogP) is 4.43. The van der Waals surface area contributed by atoms with Crippen molar-refractivity contribution < 1.29 is 13.9 Å². The SMILES string of the molecule is COc1ccc(F)cc1C(=O)CSc1ccc(C)cc1C. The van der Waals surface area contributed by atoms with E-state index in [0.29, 0.717) is 5.75 Å². The molecule has 0 spiro atoms. The van der Waals surface area contributed by atoms with Gasteiger partial charge < -0.3 is 4.74 Å². The highest BCUT2D eigenvalue weighted by molar-refractivity contribution is 8.00. The minimum atomic E-state index is -0.435. The van der Waals surface area contributed by atoms with Crippen LogP contribution in [-0.2, 0) is 0 Å². The van der Waals surface area contributed by atoms with Crippen LogP contribution in [0.25, 0.3) is 0 Å². The molecule has 0 bridgehead atoms. The smallest absolute Gasteiger partial charge is 0.176 e. The van der Waals surface area contributed by atoms with E-state index in [9.17, 15) is 9.18 Å².